The van der Waals surface area contributed by atoms with Crippen LogP contribution in [0.25, 0.3) is 0 Å². The quantitative estimate of drug-likeness (QED) is 0.836. The molecule has 0 spiro atoms. The molecule has 4 heteroatoms. The van der Waals surface area contributed by atoms with Gasteiger partial charge in [0.1, 0.15) is 5.41 Å². The average molecular weight is 212 g/mol. The van der Waals surface area contributed by atoms with E-state index in [1.54, 1.807) is 6.07 Å². The maximum atomic E-state index is 13.9. The van der Waals surface area contributed by atoms with Crippen molar-refractivity contribution in [2.24, 2.45) is 5.41 Å². The van der Waals surface area contributed by atoms with Crippen LogP contribution in [-0.4, -0.2) is 11.1 Å². The topological polar surface area (TPSA) is 37.3 Å². The first-order chi connectivity index (χ1) is 7.01. The van der Waals surface area contributed by atoms with E-state index in [-0.39, 0.29) is 18.4 Å². The molecule has 0 saturated heterocycles. The number of carbonyl (C=O) groups is 1. The lowest BCUT2D eigenvalue weighted by Gasteiger charge is -2.23. The maximum Gasteiger partial charge on any atom is 0.316 e. The van der Waals surface area contributed by atoms with Gasteiger partial charge in [-0.2, -0.15) is 0 Å². The fourth-order valence-corrected chi connectivity index (χ4v) is 1.71. The molecular formula is C11H10F2O2. The maximum absolute atomic E-state index is 13.9. The summed E-state index contributed by atoms with van der Waals surface area (Å²) < 4.78 is 27.7. The van der Waals surface area contributed by atoms with Crippen LogP contribution in [0, 0.1) is 5.41 Å². The van der Waals surface area contributed by atoms with Crippen LogP contribution in [0.15, 0.2) is 30.3 Å². The first-order valence-electron chi connectivity index (χ1n) is 4.67. The van der Waals surface area contributed by atoms with Crippen LogP contribution < -0.4 is 0 Å². The number of rotatable bonds is 3. The van der Waals surface area contributed by atoms with Crippen molar-refractivity contribution in [3.63, 3.8) is 0 Å². The Labute approximate surface area is 85.5 Å². The third-order valence-electron chi connectivity index (χ3n) is 2.90. The Morgan fingerprint density at radius 2 is 1.80 bits per heavy atom. The summed E-state index contributed by atoms with van der Waals surface area (Å²) in [5.74, 6) is -4.68. The van der Waals surface area contributed by atoms with Crippen LogP contribution in [-0.2, 0) is 10.7 Å². The van der Waals surface area contributed by atoms with Gasteiger partial charge in [-0.05, 0) is 12.8 Å². The number of alkyl halides is 2. The number of hydrogen-bond donors (Lipinski definition) is 1. The highest BCUT2D eigenvalue weighted by Gasteiger charge is 2.68. The molecule has 1 saturated carbocycles. The molecule has 1 aliphatic carbocycles. The van der Waals surface area contributed by atoms with Crippen LogP contribution in [0.1, 0.15) is 18.4 Å². The first-order valence-corrected chi connectivity index (χ1v) is 4.67. The SMILES string of the molecule is O=C(O)C1(C(F)(F)c2ccccc2)CC1. The molecule has 2 nitrogen and oxygen atoms in total. The Morgan fingerprint density at radius 3 is 2.20 bits per heavy atom. The molecule has 80 valence electrons. The van der Waals surface area contributed by atoms with E-state index in [0.29, 0.717) is 0 Å². The minimum Gasteiger partial charge on any atom is -0.481 e. The summed E-state index contributed by atoms with van der Waals surface area (Å²) in [6.07, 6.45) is 0.0917. The van der Waals surface area contributed by atoms with Gasteiger partial charge in [-0.1, -0.05) is 30.3 Å². The Balaban J connectivity index is 2.40. The van der Waals surface area contributed by atoms with Gasteiger partial charge >= 0.3 is 5.97 Å². The molecule has 1 aliphatic rings. The number of hydrogen-bond acceptors (Lipinski definition) is 1. The normalized spacial score (nSPS) is 18.5. The van der Waals surface area contributed by atoms with Crippen molar-refractivity contribution in [3.05, 3.63) is 35.9 Å². The average Bonchev–Trinajstić information content (AvgIpc) is 3.00. The molecule has 1 fully saturated rings. The third-order valence-corrected chi connectivity index (χ3v) is 2.90. The fourth-order valence-electron chi connectivity index (χ4n) is 1.71. The van der Waals surface area contributed by atoms with E-state index in [9.17, 15) is 13.6 Å². The monoisotopic (exact) mass is 212 g/mol. The van der Waals surface area contributed by atoms with Gasteiger partial charge < -0.3 is 5.11 Å². The largest absolute Gasteiger partial charge is 0.481 e. The van der Waals surface area contributed by atoms with E-state index in [1.165, 1.54) is 24.3 Å². The van der Waals surface area contributed by atoms with Crippen molar-refractivity contribution in [2.75, 3.05) is 0 Å². The predicted molar refractivity (Wildman–Crippen MR) is 49.6 cm³/mol. The second kappa shape index (κ2) is 3.02. The zero-order chi connectivity index (χ0) is 11.1. The number of carboxylic acid groups (broad SMARTS) is 1. The van der Waals surface area contributed by atoms with Crippen molar-refractivity contribution in [2.45, 2.75) is 18.8 Å². The Morgan fingerprint density at radius 1 is 1.27 bits per heavy atom. The Bertz CT molecular complexity index is 383. The number of aliphatic carboxylic acids is 1. The highest BCUT2D eigenvalue weighted by Crippen LogP contribution is 2.61. The van der Waals surface area contributed by atoms with Gasteiger partial charge in [-0.3, -0.25) is 4.79 Å². The van der Waals surface area contributed by atoms with E-state index in [2.05, 4.69) is 0 Å². The highest BCUT2D eigenvalue weighted by atomic mass is 19.3. The van der Waals surface area contributed by atoms with Crippen LogP contribution in [0.4, 0.5) is 8.78 Å². The molecule has 0 amide bonds. The number of benzene rings is 1. The van der Waals surface area contributed by atoms with E-state index >= 15 is 0 Å². The summed E-state index contributed by atoms with van der Waals surface area (Å²) in [7, 11) is 0. The molecule has 0 radical (unpaired) electrons. The Kier molecular flexibility index (Phi) is 2.03. The summed E-state index contributed by atoms with van der Waals surface area (Å²) >= 11 is 0. The van der Waals surface area contributed by atoms with Crippen molar-refractivity contribution in [1.82, 2.24) is 0 Å². The zero-order valence-electron chi connectivity index (χ0n) is 7.91. The summed E-state index contributed by atoms with van der Waals surface area (Å²) in [6, 6.07) is 7.13. The second-order valence-corrected chi connectivity index (χ2v) is 3.83. The van der Waals surface area contributed by atoms with Crippen molar-refractivity contribution < 1.29 is 18.7 Å². The van der Waals surface area contributed by atoms with Crippen molar-refractivity contribution >= 4 is 5.97 Å². The van der Waals surface area contributed by atoms with Crippen LogP contribution >= 0.6 is 0 Å². The van der Waals surface area contributed by atoms with Crippen LogP contribution in [0.3, 0.4) is 0 Å². The first kappa shape index (κ1) is 10.1. The second-order valence-electron chi connectivity index (χ2n) is 3.83. The lowest BCUT2D eigenvalue weighted by atomic mass is 9.92. The molecule has 0 bridgehead atoms. The molecule has 0 atom stereocenters. The van der Waals surface area contributed by atoms with E-state index in [4.69, 9.17) is 5.11 Å². The smallest absolute Gasteiger partial charge is 0.316 e. The van der Waals surface area contributed by atoms with Gasteiger partial charge in [-0.15, -0.1) is 0 Å². The van der Waals surface area contributed by atoms with Gasteiger partial charge in [0, 0.05) is 5.56 Å². The lowest BCUT2D eigenvalue weighted by Crippen LogP contribution is -2.34. The molecule has 0 aliphatic heterocycles. The number of halogens is 2. The minimum absolute atomic E-state index is 0.0459. The molecule has 15 heavy (non-hydrogen) atoms. The fraction of sp³-hybridized carbons (Fsp3) is 0.364. The molecular weight excluding hydrogens is 202 g/mol. The molecule has 0 unspecified atom stereocenters. The van der Waals surface area contributed by atoms with E-state index in [1.807, 2.05) is 0 Å². The molecule has 0 heterocycles. The molecule has 1 N–H and O–H groups in total. The van der Waals surface area contributed by atoms with Crippen molar-refractivity contribution in [3.8, 4) is 0 Å². The van der Waals surface area contributed by atoms with Gasteiger partial charge in [-0.25, -0.2) is 8.78 Å². The number of carboxylic acids is 1. The Hall–Kier alpha value is -1.45. The van der Waals surface area contributed by atoms with Gasteiger partial charge in [0.05, 0.1) is 0 Å². The zero-order valence-corrected chi connectivity index (χ0v) is 7.91. The van der Waals surface area contributed by atoms with Crippen LogP contribution in [0.5, 0.6) is 0 Å². The van der Waals surface area contributed by atoms with Crippen molar-refractivity contribution in [1.29, 1.82) is 0 Å². The summed E-state index contributed by atoms with van der Waals surface area (Å²) in [4.78, 5) is 10.8. The molecule has 1 aromatic carbocycles. The minimum atomic E-state index is -3.28. The van der Waals surface area contributed by atoms with E-state index < -0.39 is 17.3 Å². The molecule has 2 rings (SSSR count). The lowest BCUT2D eigenvalue weighted by molar-refractivity contribution is -0.163. The molecule has 1 aromatic rings. The van der Waals surface area contributed by atoms with Gasteiger partial charge in [0.15, 0.2) is 0 Å². The highest BCUT2D eigenvalue weighted by molar-refractivity contribution is 5.79. The standard InChI is InChI=1S/C11H10F2O2/c12-11(13,8-4-2-1-3-5-8)10(6-7-10)9(14)15/h1-5H,6-7H2,(H,14,15). The summed E-state index contributed by atoms with van der Waals surface area (Å²) in [6.45, 7) is 0. The van der Waals surface area contributed by atoms with Crippen LogP contribution in [0.2, 0.25) is 0 Å². The predicted octanol–water partition coefficient (Wildman–Crippen LogP) is 2.64. The summed E-state index contributed by atoms with van der Waals surface area (Å²) in [5.41, 5.74) is -2.08. The third kappa shape index (κ3) is 1.32. The van der Waals surface area contributed by atoms with Gasteiger partial charge in [0.2, 0.25) is 0 Å². The summed E-state index contributed by atoms with van der Waals surface area (Å²) in [5, 5.41) is 8.82. The van der Waals surface area contributed by atoms with Gasteiger partial charge in [0.25, 0.3) is 5.92 Å². The molecule has 0 aromatic heterocycles. The van der Waals surface area contributed by atoms with E-state index in [0.717, 1.165) is 0 Å².